The van der Waals surface area contributed by atoms with E-state index in [0.29, 0.717) is 34.9 Å². The molecular formula is C43H67NO4. The van der Waals surface area contributed by atoms with Crippen molar-refractivity contribution >= 4 is 17.7 Å². The highest BCUT2D eigenvalue weighted by atomic mass is 16.5. The molecule has 1 amide bonds. The van der Waals surface area contributed by atoms with E-state index in [1.54, 1.807) is 6.92 Å². The Hall–Kier alpha value is -3.73. The highest BCUT2D eigenvalue weighted by molar-refractivity contribution is 5.77. The molecule has 1 fully saturated rings. The summed E-state index contributed by atoms with van der Waals surface area (Å²) >= 11 is 0. The summed E-state index contributed by atoms with van der Waals surface area (Å²) in [6.45, 7) is 28.7. The van der Waals surface area contributed by atoms with Crippen molar-refractivity contribution in [3.8, 4) is 0 Å². The van der Waals surface area contributed by atoms with Crippen LogP contribution in [-0.2, 0) is 35.4 Å². The van der Waals surface area contributed by atoms with Gasteiger partial charge in [-0.15, -0.1) is 0 Å². The van der Waals surface area contributed by atoms with Gasteiger partial charge in [0, 0.05) is 39.8 Å². The molecule has 4 rings (SSSR count). The molecule has 0 aromatic heterocycles. The smallest absolute Gasteiger partial charge is 0.302 e. The van der Waals surface area contributed by atoms with Crippen LogP contribution in [0.2, 0.25) is 0 Å². The molecule has 3 aromatic carbocycles. The first-order valence-electron chi connectivity index (χ1n) is 17.2. The van der Waals surface area contributed by atoms with E-state index >= 15 is 0 Å². The molecule has 5 nitrogen and oxygen atoms in total. The number of rotatable bonds is 2. The molecule has 0 radical (unpaired) electrons. The molecule has 0 saturated carbocycles. The summed E-state index contributed by atoms with van der Waals surface area (Å²) in [6.07, 6.45) is 2.58. The van der Waals surface area contributed by atoms with Crippen molar-refractivity contribution in [3.05, 3.63) is 108 Å². The topological polar surface area (TPSA) is 63.7 Å². The lowest BCUT2D eigenvalue weighted by Gasteiger charge is -2.29. The summed E-state index contributed by atoms with van der Waals surface area (Å²) in [5, 5.41) is 0. The number of nitrogens with zero attached hydrogens (tertiary/aromatic N) is 1. The first-order chi connectivity index (χ1) is 22.2. The zero-order chi connectivity index (χ0) is 37.4. The van der Waals surface area contributed by atoms with Gasteiger partial charge in [-0.3, -0.25) is 14.4 Å². The monoisotopic (exact) mass is 662 g/mol. The van der Waals surface area contributed by atoms with E-state index < -0.39 is 0 Å². The first-order valence-corrected chi connectivity index (χ1v) is 17.2. The number of carbonyl (C=O) groups excluding carboxylic acids is 3. The minimum absolute atomic E-state index is 0.214. The molecule has 268 valence electrons. The van der Waals surface area contributed by atoms with Crippen LogP contribution in [0.15, 0.2) is 91.0 Å². The van der Waals surface area contributed by atoms with E-state index in [2.05, 4.69) is 158 Å². The predicted octanol–water partition coefficient (Wildman–Crippen LogP) is 10.7. The maximum absolute atomic E-state index is 10.4. The highest BCUT2D eigenvalue weighted by Gasteiger charge is 2.15. The lowest BCUT2D eigenvalue weighted by molar-refractivity contribution is -0.138. The van der Waals surface area contributed by atoms with Crippen molar-refractivity contribution in [2.24, 2.45) is 0 Å². The predicted molar refractivity (Wildman–Crippen MR) is 206 cm³/mol. The van der Waals surface area contributed by atoms with Crippen LogP contribution in [0, 0.1) is 0 Å². The molecule has 1 aliphatic heterocycles. The van der Waals surface area contributed by atoms with E-state index in [-0.39, 0.29) is 11.9 Å². The first kappa shape index (κ1) is 46.4. The van der Waals surface area contributed by atoms with E-state index in [4.69, 9.17) is 0 Å². The van der Waals surface area contributed by atoms with Gasteiger partial charge >= 0.3 is 5.97 Å². The largest absolute Gasteiger partial charge is 0.469 e. The Morgan fingerprint density at radius 1 is 0.562 bits per heavy atom. The summed E-state index contributed by atoms with van der Waals surface area (Å²) in [7, 11) is 1.35. The minimum atomic E-state index is -0.245. The number of carbonyl (C=O) groups is 3. The van der Waals surface area contributed by atoms with Gasteiger partial charge in [-0.2, -0.15) is 0 Å². The Morgan fingerprint density at radius 2 is 0.812 bits per heavy atom. The van der Waals surface area contributed by atoms with Crippen molar-refractivity contribution < 1.29 is 19.1 Å². The van der Waals surface area contributed by atoms with Gasteiger partial charge in [-0.25, -0.2) is 0 Å². The quantitative estimate of drug-likeness (QED) is 0.256. The van der Waals surface area contributed by atoms with Crippen molar-refractivity contribution in [2.45, 2.75) is 126 Å². The molecule has 5 heteroatoms. The van der Waals surface area contributed by atoms with E-state index in [1.165, 1.54) is 37.1 Å². The number of methoxy groups -OCH3 is 1. The molecule has 0 N–H and O–H groups in total. The molecule has 0 spiro atoms. The molecule has 1 saturated heterocycles. The maximum atomic E-state index is 10.4. The molecule has 3 aromatic rings. The molecule has 0 aliphatic carbocycles. The van der Waals surface area contributed by atoms with E-state index in [9.17, 15) is 14.4 Å². The van der Waals surface area contributed by atoms with Gasteiger partial charge in [-0.05, 0) is 39.4 Å². The number of ketones is 1. The van der Waals surface area contributed by atoms with Crippen LogP contribution in [0.1, 0.15) is 126 Å². The average molecular weight is 662 g/mol. The lowest BCUT2D eigenvalue weighted by atomic mass is 9.87. The van der Waals surface area contributed by atoms with Crippen LogP contribution in [0.25, 0.3) is 0 Å². The molecule has 1 heterocycles. The van der Waals surface area contributed by atoms with Gasteiger partial charge in [0.15, 0.2) is 0 Å². The fraction of sp³-hybridized carbons (Fsp3) is 0.512. The normalized spacial score (nSPS) is 11.7. The number of benzene rings is 3. The summed E-state index contributed by atoms with van der Waals surface area (Å²) in [4.78, 5) is 32.0. The number of hydrogen-bond acceptors (Lipinski definition) is 4. The summed E-state index contributed by atoms with van der Waals surface area (Å²) in [6, 6.07) is 31.7. The van der Waals surface area contributed by atoms with E-state index in [1.807, 2.05) is 18.7 Å². The Balaban J connectivity index is 0. The number of Topliss-reactive ketones (excluding diaryl/α,β-unsaturated/α-hetero) is 1. The van der Waals surface area contributed by atoms with Crippen LogP contribution in [0.3, 0.4) is 0 Å². The van der Waals surface area contributed by atoms with Crippen LogP contribution in [0.5, 0.6) is 0 Å². The Kier molecular flexibility index (Phi) is 23.6. The summed E-state index contributed by atoms with van der Waals surface area (Å²) < 4.78 is 4.11. The maximum Gasteiger partial charge on any atom is 0.302 e. The minimum Gasteiger partial charge on any atom is -0.469 e. The van der Waals surface area contributed by atoms with Crippen molar-refractivity contribution in [1.82, 2.24) is 4.90 Å². The number of ether oxygens (including phenoxy) is 1. The second kappa shape index (κ2) is 24.4. The van der Waals surface area contributed by atoms with Crippen LogP contribution in [-0.4, -0.2) is 42.8 Å². The van der Waals surface area contributed by atoms with Gasteiger partial charge in [0.2, 0.25) is 5.91 Å². The Bertz CT molecular complexity index is 1120. The number of likely N-dealkylation sites (tertiary alicyclic amines) is 1. The number of esters is 1. The number of amides is 1. The lowest BCUT2D eigenvalue weighted by Crippen LogP contribution is -2.40. The molecular weight excluding hydrogens is 594 g/mol. The van der Waals surface area contributed by atoms with Crippen LogP contribution < -0.4 is 0 Å². The second-order valence-electron chi connectivity index (χ2n) is 14.6. The van der Waals surface area contributed by atoms with Crippen molar-refractivity contribution in [1.29, 1.82) is 0 Å². The van der Waals surface area contributed by atoms with E-state index in [0.717, 1.165) is 13.1 Å². The highest BCUT2D eigenvalue weighted by Crippen LogP contribution is 2.22. The zero-order valence-corrected chi connectivity index (χ0v) is 32.8. The standard InChI is InChI=1S/3C10H14.C5H9NO.C5H10O.C3H6O2/c3*1-10(2,3)9-7-5-4-6-8-9;1-5(7)6-3-2-4-6;1-3-5(6)4-2;1-3(4)5-2/h3*4-8H,1-3H3;2-4H2,1H3;3-4H2,1-2H3;1-2H3. The fourth-order valence-corrected chi connectivity index (χ4v) is 3.70. The van der Waals surface area contributed by atoms with Crippen LogP contribution >= 0.6 is 0 Å². The third-order valence-electron chi connectivity index (χ3n) is 7.30. The third kappa shape index (κ3) is 24.4. The molecule has 0 atom stereocenters. The average Bonchev–Trinajstić information content (AvgIpc) is 3.01. The number of hydrogen-bond donors (Lipinski definition) is 0. The molecule has 1 aliphatic rings. The SMILES string of the molecule is CC(=O)N1CCC1.CC(C)(C)c1ccccc1.CC(C)(C)c1ccccc1.CC(C)(C)c1ccccc1.CCC(=O)CC.COC(C)=O. The molecule has 0 unspecified atom stereocenters. The van der Waals surface area contributed by atoms with Crippen molar-refractivity contribution in [3.63, 3.8) is 0 Å². The zero-order valence-electron chi connectivity index (χ0n) is 32.8. The summed E-state index contributed by atoms with van der Waals surface area (Å²) in [5.41, 5.74) is 5.07. The van der Waals surface area contributed by atoms with Gasteiger partial charge in [-0.1, -0.05) is 167 Å². The fourth-order valence-electron chi connectivity index (χ4n) is 3.70. The van der Waals surface area contributed by atoms with Gasteiger partial charge in [0.05, 0.1) is 7.11 Å². The van der Waals surface area contributed by atoms with Gasteiger partial charge < -0.3 is 9.64 Å². The van der Waals surface area contributed by atoms with Gasteiger partial charge in [0.1, 0.15) is 5.78 Å². The molecule has 0 bridgehead atoms. The Morgan fingerprint density at radius 3 is 0.875 bits per heavy atom. The summed E-state index contributed by atoms with van der Waals surface area (Å²) in [5.74, 6) is 0.311. The van der Waals surface area contributed by atoms with Crippen LogP contribution in [0.4, 0.5) is 0 Å². The third-order valence-corrected chi connectivity index (χ3v) is 7.30. The Labute approximate surface area is 294 Å². The molecule has 48 heavy (non-hydrogen) atoms. The second-order valence-corrected chi connectivity index (χ2v) is 14.6. The van der Waals surface area contributed by atoms with Crippen molar-refractivity contribution in [2.75, 3.05) is 20.2 Å². The van der Waals surface area contributed by atoms with Gasteiger partial charge in [0.25, 0.3) is 0 Å².